The Balaban J connectivity index is 1.65. The highest BCUT2D eigenvalue weighted by molar-refractivity contribution is 7.90. The maximum atomic E-state index is 11.5. The number of fused-ring (bicyclic) bond motifs is 1. The predicted molar refractivity (Wildman–Crippen MR) is 84.8 cm³/mol. The van der Waals surface area contributed by atoms with Crippen molar-refractivity contribution >= 4 is 20.7 Å². The van der Waals surface area contributed by atoms with Crippen LogP contribution < -0.4 is 5.32 Å². The molecule has 4 nitrogen and oxygen atoms in total. The van der Waals surface area contributed by atoms with E-state index in [-0.39, 0.29) is 5.41 Å². The molecule has 1 aliphatic carbocycles. The molecule has 0 bridgehead atoms. The lowest BCUT2D eigenvalue weighted by atomic mass is 10.1. The van der Waals surface area contributed by atoms with Gasteiger partial charge in [0, 0.05) is 30.9 Å². The van der Waals surface area contributed by atoms with E-state index >= 15 is 0 Å². The summed E-state index contributed by atoms with van der Waals surface area (Å²) in [7, 11) is -2.90. The molecule has 21 heavy (non-hydrogen) atoms. The highest BCUT2D eigenvalue weighted by Crippen LogP contribution is 2.46. The van der Waals surface area contributed by atoms with Crippen LogP contribution in [-0.2, 0) is 16.4 Å². The van der Waals surface area contributed by atoms with Gasteiger partial charge in [0.2, 0.25) is 0 Å². The third-order valence-corrected chi connectivity index (χ3v) is 5.19. The number of benzene rings is 1. The van der Waals surface area contributed by atoms with Crippen LogP contribution in [0.4, 0.5) is 0 Å². The fourth-order valence-corrected chi connectivity index (χ4v) is 4.38. The minimum atomic E-state index is -2.90. The van der Waals surface area contributed by atoms with Crippen LogP contribution in [0.5, 0.6) is 0 Å². The SMILES string of the molecule is CS(=O)(=O)CC1(CNCc2cccc3cccnc23)CC1. The number of hydrogen-bond acceptors (Lipinski definition) is 4. The number of nitrogens with zero attached hydrogens (tertiary/aromatic N) is 1. The summed E-state index contributed by atoms with van der Waals surface area (Å²) in [5.41, 5.74) is 2.13. The largest absolute Gasteiger partial charge is 0.312 e. The van der Waals surface area contributed by atoms with Crippen molar-refractivity contribution in [3.05, 3.63) is 42.1 Å². The maximum Gasteiger partial charge on any atom is 0.148 e. The van der Waals surface area contributed by atoms with Crippen molar-refractivity contribution in [1.29, 1.82) is 0 Å². The van der Waals surface area contributed by atoms with Crippen LogP contribution in [0.15, 0.2) is 36.5 Å². The first kappa shape index (κ1) is 14.5. The van der Waals surface area contributed by atoms with E-state index in [1.165, 1.54) is 6.26 Å². The molecule has 0 amide bonds. The van der Waals surface area contributed by atoms with Gasteiger partial charge in [0.1, 0.15) is 9.84 Å². The van der Waals surface area contributed by atoms with Crippen molar-refractivity contribution in [3.8, 4) is 0 Å². The van der Waals surface area contributed by atoms with Crippen molar-refractivity contribution in [1.82, 2.24) is 10.3 Å². The molecule has 0 atom stereocenters. The monoisotopic (exact) mass is 304 g/mol. The quantitative estimate of drug-likeness (QED) is 0.888. The van der Waals surface area contributed by atoms with Crippen LogP contribution in [0, 0.1) is 5.41 Å². The Morgan fingerprint density at radius 1 is 1.24 bits per heavy atom. The molecule has 112 valence electrons. The third kappa shape index (κ3) is 3.60. The molecule has 1 aromatic heterocycles. The molecule has 0 saturated heterocycles. The van der Waals surface area contributed by atoms with E-state index in [9.17, 15) is 8.42 Å². The molecule has 1 aliphatic rings. The van der Waals surface area contributed by atoms with Crippen LogP contribution in [0.3, 0.4) is 0 Å². The van der Waals surface area contributed by atoms with Gasteiger partial charge in [0.05, 0.1) is 11.3 Å². The average Bonchev–Trinajstić information content (AvgIpc) is 3.16. The first-order valence-electron chi connectivity index (χ1n) is 7.19. The fourth-order valence-electron chi connectivity index (χ4n) is 2.88. The second-order valence-corrected chi connectivity index (χ2v) is 8.31. The summed E-state index contributed by atoms with van der Waals surface area (Å²) in [6.45, 7) is 1.48. The Morgan fingerprint density at radius 3 is 2.71 bits per heavy atom. The molecule has 0 unspecified atom stereocenters. The number of rotatable bonds is 6. The number of aromatic nitrogens is 1. The van der Waals surface area contributed by atoms with Gasteiger partial charge in [-0.25, -0.2) is 8.42 Å². The van der Waals surface area contributed by atoms with Gasteiger partial charge < -0.3 is 5.32 Å². The first-order valence-corrected chi connectivity index (χ1v) is 9.25. The summed E-state index contributed by atoms with van der Waals surface area (Å²) in [5.74, 6) is 0.292. The van der Waals surface area contributed by atoms with Gasteiger partial charge in [-0.15, -0.1) is 0 Å². The molecular formula is C16H20N2O2S. The van der Waals surface area contributed by atoms with Gasteiger partial charge in [-0.2, -0.15) is 0 Å². The fraction of sp³-hybridized carbons (Fsp3) is 0.438. The summed E-state index contributed by atoms with van der Waals surface area (Å²) < 4.78 is 22.9. The Morgan fingerprint density at radius 2 is 2.00 bits per heavy atom. The van der Waals surface area contributed by atoms with E-state index in [0.29, 0.717) is 5.75 Å². The number of pyridine rings is 1. The standard InChI is InChI=1S/C16H20N2O2S/c1-21(19,20)12-16(7-8-16)11-17-10-14-5-2-4-13-6-3-9-18-15(13)14/h2-6,9,17H,7-8,10-12H2,1H3. The molecule has 2 aromatic rings. The van der Waals surface area contributed by atoms with Crippen molar-refractivity contribution in [3.63, 3.8) is 0 Å². The van der Waals surface area contributed by atoms with Gasteiger partial charge in [-0.05, 0) is 29.9 Å². The number of nitrogens with one attached hydrogen (secondary N) is 1. The molecule has 0 spiro atoms. The van der Waals surface area contributed by atoms with E-state index < -0.39 is 9.84 Å². The van der Waals surface area contributed by atoms with Gasteiger partial charge in [-0.1, -0.05) is 24.3 Å². The Kier molecular flexibility index (Phi) is 3.71. The zero-order valence-electron chi connectivity index (χ0n) is 12.2. The molecule has 1 aromatic carbocycles. The van der Waals surface area contributed by atoms with Gasteiger partial charge in [0.25, 0.3) is 0 Å². The molecule has 0 aliphatic heterocycles. The van der Waals surface area contributed by atoms with E-state index in [2.05, 4.69) is 28.5 Å². The lowest BCUT2D eigenvalue weighted by Gasteiger charge is -2.15. The smallest absolute Gasteiger partial charge is 0.148 e. The minimum absolute atomic E-state index is 0.0361. The molecule has 5 heteroatoms. The number of para-hydroxylation sites is 1. The maximum absolute atomic E-state index is 11.5. The van der Waals surface area contributed by atoms with Crippen LogP contribution in [0.2, 0.25) is 0 Å². The highest BCUT2D eigenvalue weighted by Gasteiger charge is 2.44. The first-order chi connectivity index (χ1) is 9.98. The highest BCUT2D eigenvalue weighted by atomic mass is 32.2. The van der Waals surface area contributed by atoms with Crippen molar-refractivity contribution < 1.29 is 8.42 Å². The second-order valence-electron chi connectivity index (χ2n) is 6.17. The van der Waals surface area contributed by atoms with E-state index in [1.807, 2.05) is 12.1 Å². The predicted octanol–water partition coefficient (Wildman–Crippen LogP) is 2.15. The molecule has 1 heterocycles. The van der Waals surface area contributed by atoms with Gasteiger partial charge in [0.15, 0.2) is 0 Å². The topological polar surface area (TPSA) is 59.1 Å². The van der Waals surface area contributed by atoms with Crippen LogP contribution >= 0.6 is 0 Å². The van der Waals surface area contributed by atoms with Crippen LogP contribution in [0.25, 0.3) is 10.9 Å². The zero-order valence-corrected chi connectivity index (χ0v) is 13.0. The number of sulfone groups is 1. The minimum Gasteiger partial charge on any atom is -0.312 e. The van der Waals surface area contributed by atoms with Crippen molar-refractivity contribution in [2.45, 2.75) is 19.4 Å². The summed E-state index contributed by atoms with van der Waals surface area (Å²) in [6, 6.07) is 10.1. The molecular weight excluding hydrogens is 284 g/mol. The van der Waals surface area contributed by atoms with Crippen molar-refractivity contribution in [2.24, 2.45) is 5.41 Å². The molecule has 3 rings (SSSR count). The van der Waals surface area contributed by atoms with Gasteiger partial charge in [-0.3, -0.25) is 4.98 Å². The summed E-state index contributed by atoms with van der Waals surface area (Å²) >= 11 is 0. The Hall–Kier alpha value is -1.46. The zero-order chi connectivity index (χ0) is 14.9. The molecule has 1 saturated carbocycles. The van der Waals surface area contributed by atoms with E-state index in [4.69, 9.17) is 0 Å². The van der Waals surface area contributed by atoms with Crippen LogP contribution in [-0.4, -0.2) is 32.0 Å². The lowest BCUT2D eigenvalue weighted by molar-refractivity contribution is 0.492. The van der Waals surface area contributed by atoms with Crippen LogP contribution in [0.1, 0.15) is 18.4 Å². The molecule has 0 radical (unpaired) electrons. The normalized spacial score (nSPS) is 17.0. The Bertz CT molecular complexity index is 746. The van der Waals surface area contributed by atoms with E-state index in [1.54, 1.807) is 6.20 Å². The summed E-state index contributed by atoms with van der Waals surface area (Å²) in [4.78, 5) is 4.44. The third-order valence-electron chi connectivity index (χ3n) is 4.06. The summed E-state index contributed by atoms with van der Waals surface area (Å²) in [6.07, 6.45) is 5.13. The molecule has 1 N–H and O–H groups in total. The number of hydrogen-bond donors (Lipinski definition) is 1. The second kappa shape index (κ2) is 5.39. The average molecular weight is 304 g/mol. The lowest BCUT2D eigenvalue weighted by Crippen LogP contribution is -2.29. The molecule has 1 fully saturated rings. The Labute approximate surface area is 125 Å². The van der Waals surface area contributed by atoms with Crippen molar-refractivity contribution in [2.75, 3.05) is 18.6 Å². The van der Waals surface area contributed by atoms with Gasteiger partial charge >= 0.3 is 0 Å². The van der Waals surface area contributed by atoms with E-state index in [0.717, 1.165) is 42.4 Å². The summed E-state index contributed by atoms with van der Waals surface area (Å²) in [5, 5.41) is 4.55.